The van der Waals surface area contributed by atoms with Crippen LogP contribution in [0.5, 0.6) is 0 Å². The lowest BCUT2D eigenvalue weighted by Crippen LogP contribution is -2.32. The van der Waals surface area contributed by atoms with Crippen molar-refractivity contribution in [1.29, 1.82) is 0 Å². The molecule has 35 heavy (non-hydrogen) atoms. The summed E-state index contributed by atoms with van der Waals surface area (Å²) in [5, 5.41) is 0. The number of fused-ring (bicyclic) bond motifs is 1. The number of thiocarbonyl (C=S) groups is 1. The Bertz CT molecular complexity index is 1340. The van der Waals surface area contributed by atoms with Crippen LogP contribution in [-0.4, -0.2) is 37.6 Å². The summed E-state index contributed by atoms with van der Waals surface area (Å²) in [5.41, 5.74) is 2.79. The quantitative estimate of drug-likeness (QED) is 0.293. The predicted octanol–water partition coefficient (Wildman–Crippen LogP) is 5.59. The van der Waals surface area contributed by atoms with E-state index in [1.54, 1.807) is 21.6 Å². The van der Waals surface area contributed by atoms with E-state index in [1.165, 1.54) is 11.8 Å². The van der Waals surface area contributed by atoms with Gasteiger partial charge in [0.1, 0.15) is 15.8 Å². The molecular formula is C27H30N4O2S2. The van der Waals surface area contributed by atoms with Crippen LogP contribution in [-0.2, 0) is 4.79 Å². The molecule has 0 saturated carbocycles. The van der Waals surface area contributed by atoms with E-state index in [1.807, 2.05) is 56.3 Å². The molecule has 3 aromatic rings. The SMILES string of the molecule is CCCN(CCC)c1nc2ccc(C)cn2c(=O)c1/C=C1\SC(=S)N(C(C)c2ccccc2)C1=O. The van der Waals surface area contributed by atoms with E-state index < -0.39 is 0 Å². The fraction of sp³-hybridized carbons (Fsp3) is 0.333. The Hall–Kier alpha value is -2.97. The predicted molar refractivity (Wildman–Crippen MR) is 149 cm³/mol. The number of carbonyl (C=O) groups is 1. The number of benzene rings is 1. The van der Waals surface area contributed by atoms with Crippen LogP contribution in [0.15, 0.2) is 58.4 Å². The number of carbonyl (C=O) groups excluding carboxylic acids is 1. The number of nitrogens with zero attached hydrogens (tertiary/aromatic N) is 4. The smallest absolute Gasteiger partial charge is 0.267 e. The summed E-state index contributed by atoms with van der Waals surface area (Å²) in [5.74, 6) is 0.428. The van der Waals surface area contributed by atoms with Crippen LogP contribution >= 0.6 is 24.0 Å². The molecule has 182 valence electrons. The minimum atomic E-state index is -0.204. The molecule has 1 fully saturated rings. The molecule has 8 heteroatoms. The van der Waals surface area contributed by atoms with Gasteiger partial charge >= 0.3 is 0 Å². The highest BCUT2D eigenvalue weighted by Crippen LogP contribution is 2.38. The van der Waals surface area contributed by atoms with Crippen molar-refractivity contribution < 1.29 is 4.79 Å². The zero-order valence-corrected chi connectivity index (χ0v) is 22.2. The van der Waals surface area contributed by atoms with Gasteiger partial charge in [-0.1, -0.05) is 74.2 Å². The fourth-order valence-electron chi connectivity index (χ4n) is 4.30. The van der Waals surface area contributed by atoms with Crippen LogP contribution in [0.1, 0.15) is 56.3 Å². The molecule has 1 aliphatic rings. The van der Waals surface area contributed by atoms with Gasteiger partial charge in [0, 0.05) is 19.3 Å². The van der Waals surface area contributed by atoms with Crippen molar-refractivity contribution >= 4 is 51.7 Å². The van der Waals surface area contributed by atoms with Gasteiger partial charge in [0.15, 0.2) is 0 Å². The van der Waals surface area contributed by atoms with Gasteiger partial charge in [0.25, 0.3) is 11.5 Å². The third-order valence-corrected chi connectivity index (χ3v) is 7.37. The van der Waals surface area contributed by atoms with Gasteiger partial charge in [0.05, 0.1) is 16.5 Å². The van der Waals surface area contributed by atoms with Gasteiger partial charge in [-0.3, -0.25) is 18.9 Å². The van der Waals surface area contributed by atoms with Gasteiger partial charge in [-0.2, -0.15) is 0 Å². The normalized spacial score (nSPS) is 15.9. The van der Waals surface area contributed by atoms with Gasteiger partial charge in [-0.15, -0.1) is 0 Å². The Morgan fingerprint density at radius 1 is 1.09 bits per heavy atom. The zero-order chi connectivity index (χ0) is 25.1. The second-order valence-electron chi connectivity index (χ2n) is 8.71. The first-order valence-corrected chi connectivity index (χ1v) is 13.2. The summed E-state index contributed by atoms with van der Waals surface area (Å²) < 4.78 is 2.05. The van der Waals surface area contributed by atoms with Crippen molar-refractivity contribution in [2.75, 3.05) is 18.0 Å². The lowest BCUT2D eigenvalue weighted by atomic mass is 10.1. The molecule has 0 radical (unpaired) electrons. The number of hydrogen-bond acceptors (Lipinski definition) is 6. The number of hydrogen-bond donors (Lipinski definition) is 0. The summed E-state index contributed by atoms with van der Waals surface area (Å²) in [6.07, 6.45) is 5.32. The van der Waals surface area contributed by atoms with Gasteiger partial charge < -0.3 is 4.90 Å². The van der Waals surface area contributed by atoms with E-state index in [2.05, 4.69) is 18.7 Å². The fourth-order valence-corrected chi connectivity index (χ4v) is 5.70. The Morgan fingerprint density at radius 3 is 2.43 bits per heavy atom. The van der Waals surface area contributed by atoms with E-state index in [-0.39, 0.29) is 17.5 Å². The van der Waals surface area contributed by atoms with E-state index in [0.717, 1.165) is 37.1 Å². The largest absolute Gasteiger partial charge is 0.356 e. The Kier molecular flexibility index (Phi) is 7.72. The van der Waals surface area contributed by atoms with Crippen LogP contribution in [0.3, 0.4) is 0 Å². The standard InChI is InChI=1S/C27H30N4O2S2/c1-5-14-29(15-6-2)24-21(25(32)30-17-18(3)12-13-23(30)28-24)16-22-26(33)31(27(34)35-22)19(4)20-10-8-7-9-11-20/h7-13,16-17,19H,5-6,14-15H2,1-4H3/b22-16-. The highest BCUT2D eigenvalue weighted by atomic mass is 32.2. The number of aryl methyl sites for hydroxylation is 1. The van der Waals surface area contributed by atoms with Crippen LogP contribution in [0, 0.1) is 6.92 Å². The Labute approximate surface area is 215 Å². The number of thioether (sulfide) groups is 1. The van der Waals surface area contributed by atoms with Gasteiger partial charge in [-0.05, 0) is 50.0 Å². The molecule has 3 heterocycles. The molecule has 1 aromatic carbocycles. The van der Waals surface area contributed by atoms with Crippen LogP contribution in [0.25, 0.3) is 11.7 Å². The molecule has 1 saturated heterocycles. The first-order chi connectivity index (χ1) is 16.8. The van der Waals surface area contributed by atoms with E-state index in [0.29, 0.717) is 26.3 Å². The van der Waals surface area contributed by atoms with Gasteiger partial charge in [-0.25, -0.2) is 4.98 Å². The van der Waals surface area contributed by atoms with E-state index >= 15 is 0 Å². The summed E-state index contributed by atoms with van der Waals surface area (Å²) in [6, 6.07) is 13.4. The number of aromatic nitrogens is 2. The second-order valence-corrected chi connectivity index (χ2v) is 10.4. The highest BCUT2D eigenvalue weighted by Gasteiger charge is 2.36. The summed E-state index contributed by atoms with van der Waals surface area (Å²) in [4.78, 5) is 36.3. The van der Waals surface area contributed by atoms with Gasteiger partial charge in [0.2, 0.25) is 0 Å². The average Bonchev–Trinajstić information content (AvgIpc) is 3.13. The van der Waals surface area contributed by atoms with Crippen molar-refractivity contribution in [3.63, 3.8) is 0 Å². The molecule has 1 atom stereocenters. The molecule has 1 aliphatic heterocycles. The number of anilines is 1. The summed E-state index contributed by atoms with van der Waals surface area (Å²) in [7, 11) is 0. The number of amides is 1. The monoisotopic (exact) mass is 506 g/mol. The third-order valence-electron chi connectivity index (χ3n) is 6.04. The number of rotatable bonds is 8. The average molecular weight is 507 g/mol. The van der Waals surface area contributed by atoms with Crippen LogP contribution in [0.4, 0.5) is 5.82 Å². The first-order valence-electron chi connectivity index (χ1n) is 12.0. The van der Waals surface area contributed by atoms with E-state index in [9.17, 15) is 9.59 Å². The summed E-state index contributed by atoms with van der Waals surface area (Å²) in [6.45, 7) is 9.67. The molecule has 0 aliphatic carbocycles. The van der Waals surface area contributed by atoms with Crippen LogP contribution in [0.2, 0.25) is 0 Å². The molecule has 4 rings (SSSR count). The second kappa shape index (κ2) is 10.7. The van der Waals surface area contributed by atoms with E-state index in [4.69, 9.17) is 17.2 Å². The maximum Gasteiger partial charge on any atom is 0.267 e. The topological polar surface area (TPSA) is 57.9 Å². The maximum atomic E-state index is 13.7. The Balaban J connectivity index is 1.84. The molecule has 0 bridgehead atoms. The maximum absolute atomic E-state index is 13.7. The van der Waals surface area contributed by atoms with Crippen molar-refractivity contribution in [2.45, 2.75) is 46.6 Å². The minimum absolute atomic E-state index is 0.187. The lowest BCUT2D eigenvalue weighted by molar-refractivity contribution is -0.123. The highest BCUT2D eigenvalue weighted by molar-refractivity contribution is 8.26. The molecule has 1 unspecified atom stereocenters. The van der Waals surface area contributed by atoms with Crippen LogP contribution < -0.4 is 10.5 Å². The number of pyridine rings is 1. The first kappa shape index (κ1) is 25.1. The van der Waals surface area contributed by atoms with Crippen molar-refractivity contribution in [1.82, 2.24) is 14.3 Å². The third kappa shape index (κ3) is 5.04. The summed E-state index contributed by atoms with van der Waals surface area (Å²) >= 11 is 6.84. The molecule has 1 amide bonds. The van der Waals surface area contributed by atoms with Crippen molar-refractivity contribution in [3.8, 4) is 0 Å². The lowest BCUT2D eigenvalue weighted by Gasteiger charge is -2.25. The molecule has 0 N–H and O–H groups in total. The minimum Gasteiger partial charge on any atom is -0.356 e. The zero-order valence-electron chi connectivity index (χ0n) is 20.5. The molecule has 2 aromatic heterocycles. The van der Waals surface area contributed by atoms with Crippen molar-refractivity contribution in [3.05, 3.63) is 80.6 Å². The Morgan fingerprint density at radius 2 is 1.77 bits per heavy atom. The van der Waals surface area contributed by atoms with Crippen molar-refractivity contribution in [2.24, 2.45) is 0 Å². The molecule has 0 spiro atoms. The molecular weight excluding hydrogens is 476 g/mol. The molecule has 6 nitrogen and oxygen atoms in total.